The molecule has 4 heteroatoms. The van der Waals surface area contributed by atoms with Crippen molar-refractivity contribution < 1.29 is 18.9 Å². The van der Waals surface area contributed by atoms with Crippen molar-refractivity contribution in [2.45, 2.75) is 51.0 Å². The zero-order valence-corrected chi connectivity index (χ0v) is 11.9. The van der Waals surface area contributed by atoms with Gasteiger partial charge in [0.25, 0.3) is 0 Å². The summed E-state index contributed by atoms with van der Waals surface area (Å²) < 4.78 is 23.5. The Morgan fingerprint density at radius 3 is 2.75 bits per heavy atom. The summed E-state index contributed by atoms with van der Waals surface area (Å²) in [4.78, 5) is 0. The Labute approximate surface area is 120 Å². The zero-order valence-electron chi connectivity index (χ0n) is 11.9. The smallest absolute Gasteiger partial charge is 0.186 e. The average Bonchev–Trinajstić information content (AvgIpc) is 2.84. The minimum Gasteiger partial charge on any atom is -0.368 e. The predicted octanol–water partition coefficient (Wildman–Crippen LogP) is 2.51. The van der Waals surface area contributed by atoms with Crippen LogP contribution in [0.4, 0.5) is 0 Å². The Morgan fingerprint density at radius 2 is 1.95 bits per heavy atom. The van der Waals surface area contributed by atoms with Crippen molar-refractivity contribution in [3.8, 4) is 0 Å². The van der Waals surface area contributed by atoms with E-state index in [1.54, 1.807) is 0 Å². The third kappa shape index (κ3) is 3.04. The van der Waals surface area contributed by atoms with Crippen LogP contribution >= 0.6 is 0 Å². The molecule has 0 N–H and O–H groups in total. The Balaban J connectivity index is 1.64. The largest absolute Gasteiger partial charge is 0.368 e. The Kier molecular flexibility index (Phi) is 4.68. The molecule has 1 aromatic carbocycles. The lowest BCUT2D eigenvalue weighted by Gasteiger charge is -2.28. The summed E-state index contributed by atoms with van der Waals surface area (Å²) in [6, 6.07) is 10.2. The summed E-state index contributed by atoms with van der Waals surface area (Å²) in [7, 11) is 0. The van der Waals surface area contributed by atoms with Crippen molar-refractivity contribution in [2.75, 3.05) is 13.2 Å². The van der Waals surface area contributed by atoms with Crippen LogP contribution in [0, 0.1) is 0 Å². The van der Waals surface area contributed by atoms with E-state index in [4.69, 9.17) is 18.9 Å². The molecule has 0 saturated carbocycles. The van der Waals surface area contributed by atoms with Gasteiger partial charge in [-0.25, -0.2) is 0 Å². The number of fused-ring (bicyclic) bond motifs is 1. The normalized spacial score (nSPS) is 33.0. The molecule has 0 bridgehead atoms. The molecule has 0 aliphatic carbocycles. The first-order chi connectivity index (χ1) is 9.88. The lowest BCUT2D eigenvalue weighted by molar-refractivity contribution is -0.222. The maximum atomic E-state index is 6.09. The van der Waals surface area contributed by atoms with Crippen LogP contribution in [-0.2, 0) is 25.6 Å². The van der Waals surface area contributed by atoms with E-state index in [0.717, 1.165) is 12.8 Å². The summed E-state index contributed by atoms with van der Waals surface area (Å²) in [5, 5.41) is 0. The molecule has 4 nitrogen and oxygen atoms in total. The van der Waals surface area contributed by atoms with Gasteiger partial charge in [0.1, 0.15) is 12.2 Å². The van der Waals surface area contributed by atoms with Gasteiger partial charge in [0.2, 0.25) is 0 Å². The Hall–Kier alpha value is -0.940. The second-order valence-corrected chi connectivity index (χ2v) is 5.30. The highest BCUT2D eigenvalue weighted by atomic mass is 16.7. The van der Waals surface area contributed by atoms with Crippen LogP contribution in [-0.4, -0.2) is 37.8 Å². The van der Waals surface area contributed by atoms with Crippen LogP contribution in [0.15, 0.2) is 30.3 Å². The van der Waals surface area contributed by atoms with E-state index in [0.29, 0.717) is 19.8 Å². The number of hydrogen-bond donors (Lipinski definition) is 0. The van der Waals surface area contributed by atoms with Gasteiger partial charge in [0, 0.05) is 0 Å². The first-order valence-corrected chi connectivity index (χ1v) is 7.42. The van der Waals surface area contributed by atoms with Crippen molar-refractivity contribution >= 4 is 0 Å². The maximum Gasteiger partial charge on any atom is 0.186 e. The second kappa shape index (κ2) is 6.68. The van der Waals surface area contributed by atoms with Gasteiger partial charge in [0.15, 0.2) is 6.29 Å². The van der Waals surface area contributed by atoms with Crippen molar-refractivity contribution in [3.05, 3.63) is 35.9 Å². The van der Waals surface area contributed by atoms with E-state index >= 15 is 0 Å². The highest BCUT2D eigenvalue weighted by Gasteiger charge is 2.47. The fourth-order valence-corrected chi connectivity index (χ4v) is 2.84. The third-order valence-electron chi connectivity index (χ3n) is 3.80. The summed E-state index contributed by atoms with van der Waals surface area (Å²) in [5.74, 6) is 0. The first-order valence-electron chi connectivity index (χ1n) is 7.42. The Morgan fingerprint density at radius 1 is 1.15 bits per heavy atom. The standard InChI is InChI=1S/C16H22O4/c1-2-6-13-14(15-16(20-13)18-10-9-17-15)19-11-12-7-4-3-5-8-12/h3-5,7-8,13-16H,2,6,9-11H2,1H3/t13-,14+,15-,16+/m1/s1. The number of rotatable bonds is 5. The molecule has 0 aromatic heterocycles. The van der Waals surface area contributed by atoms with Gasteiger partial charge in [-0.1, -0.05) is 43.7 Å². The van der Waals surface area contributed by atoms with Gasteiger partial charge in [-0.15, -0.1) is 0 Å². The quantitative estimate of drug-likeness (QED) is 0.829. The van der Waals surface area contributed by atoms with E-state index in [2.05, 4.69) is 19.1 Å². The molecule has 1 aromatic rings. The van der Waals surface area contributed by atoms with Crippen LogP contribution in [0.3, 0.4) is 0 Å². The second-order valence-electron chi connectivity index (χ2n) is 5.30. The molecule has 0 amide bonds. The van der Waals surface area contributed by atoms with Crippen molar-refractivity contribution in [1.29, 1.82) is 0 Å². The Bertz CT molecular complexity index is 408. The molecule has 0 unspecified atom stereocenters. The molecule has 4 atom stereocenters. The fourth-order valence-electron chi connectivity index (χ4n) is 2.84. The molecular formula is C16H22O4. The first kappa shape index (κ1) is 14.0. The van der Waals surface area contributed by atoms with Crippen LogP contribution in [0.1, 0.15) is 25.3 Å². The van der Waals surface area contributed by atoms with E-state index < -0.39 is 0 Å². The molecule has 110 valence electrons. The molecule has 2 aliphatic heterocycles. The SMILES string of the molecule is CCC[C@H]1O[C@@H]2OCCO[C@@H]2[C@H]1OCc1ccccc1. The van der Waals surface area contributed by atoms with Gasteiger partial charge in [0.05, 0.1) is 25.9 Å². The molecule has 0 spiro atoms. The molecular weight excluding hydrogens is 256 g/mol. The molecule has 3 rings (SSSR count). The maximum absolute atomic E-state index is 6.09. The number of ether oxygens (including phenoxy) is 4. The minimum absolute atomic E-state index is 0.0412. The monoisotopic (exact) mass is 278 g/mol. The van der Waals surface area contributed by atoms with E-state index in [1.807, 2.05) is 18.2 Å². The zero-order chi connectivity index (χ0) is 13.8. The highest BCUT2D eigenvalue weighted by Crippen LogP contribution is 2.32. The lowest BCUT2D eigenvalue weighted by atomic mass is 10.1. The number of benzene rings is 1. The molecule has 20 heavy (non-hydrogen) atoms. The van der Waals surface area contributed by atoms with Gasteiger partial charge >= 0.3 is 0 Å². The van der Waals surface area contributed by atoms with E-state index in [9.17, 15) is 0 Å². The third-order valence-corrected chi connectivity index (χ3v) is 3.80. The molecule has 2 heterocycles. The van der Waals surface area contributed by atoms with Gasteiger partial charge in [-0.2, -0.15) is 0 Å². The average molecular weight is 278 g/mol. The number of hydrogen-bond acceptors (Lipinski definition) is 4. The molecule has 0 radical (unpaired) electrons. The predicted molar refractivity (Wildman–Crippen MR) is 74.3 cm³/mol. The molecule has 2 saturated heterocycles. The van der Waals surface area contributed by atoms with E-state index in [1.165, 1.54) is 5.56 Å². The molecule has 2 fully saturated rings. The fraction of sp³-hybridized carbons (Fsp3) is 0.625. The van der Waals surface area contributed by atoms with Crippen molar-refractivity contribution in [2.24, 2.45) is 0 Å². The van der Waals surface area contributed by atoms with Crippen molar-refractivity contribution in [1.82, 2.24) is 0 Å². The van der Waals surface area contributed by atoms with Gasteiger partial charge < -0.3 is 18.9 Å². The van der Waals surface area contributed by atoms with Crippen LogP contribution in [0.2, 0.25) is 0 Å². The van der Waals surface area contributed by atoms with Gasteiger partial charge in [-0.3, -0.25) is 0 Å². The lowest BCUT2D eigenvalue weighted by Crippen LogP contribution is -2.42. The minimum atomic E-state index is -0.263. The summed E-state index contributed by atoms with van der Waals surface area (Å²) in [6.07, 6.45) is 1.71. The summed E-state index contributed by atoms with van der Waals surface area (Å²) in [5.41, 5.74) is 1.17. The topological polar surface area (TPSA) is 36.9 Å². The van der Waals surface area contributed by atoms with E-state index in [-0.39, 0.29) is 24.6 Å². The van der Waals surface area contributed by atoms with Crippen LogP contribution in [0.25, 0.3) is 0 Å². The van der Waals surface area contributed by atoms with Crippen molar-refractivity contribution in [3.63, 3.8) is 0 Å². The van der Waals surface area contributed by atoms with Crippen LogP contribution < -0.4 is 0 Å². The van der Waals surface area contributed by atoms with Crippen LogP contribution in [0.5, 0.6) is 0 Å². The summed E-state index contributed by atoms with van der Waals surface area (Å²) in [6.45, 7) is 3.96. The summed E-state index contributed by atoms with van der Waals surface area (Å²) >= 11 is 0. The molecule has 2 aliphatic rings. The highest BCUT2D eigenvalue weighted by molar-refractivity contribution is 5.13. The van der Waals surface area contributed by atoms with Gasteiger partial charge in [-0.05, 0) is 12.0 Å².